The lowest BCUT2D eigenvalue weighted by molar-refractivity contribution is 0.195. The second-order valence-electron chi connectivity index (χ2n) is 15.5. The van der Waals surface area contributed by atoms with E-state index in [0.717, 1.165) is 58.1 Å². The molecule has 0 spiro atoms. The fourth-order valence-corrected chi connectivity index (χ4v) is 7.18. The Morgan fingerprint density at radius 1 is 0.925 bits per heavy atom. The SMILES string of the molecule is COc1cccc(C2(CNC(=O)Nc3c(C(C)C)cc(N(C(=O)O)C(C)(C)C)cc3C(C)C)CCN(c3ncccc3OCc3ccccc3)CC2)c1. The highest BCUT2D eigenvalue weighted by Crippen LogP contribution is 2.41. The van der Waals surface area contributed by atoms with Crippen LogP contribution in [0.15, 0.2) is 85.1 Å². The number of hydrogen-bond donors (Lipinski definition) is 3. The number of rotatable bonds is 12. The number of piperidine rings is 1. The van der Waals surface area contributed by atoms with Gasteiger partial charge in [-0.3, -0.25) is 4.90 Å². The molecule has 1 aliphatic heterocycles. The van der Waals surface area contributed by atoms with Crippen LogP contribution in [-0.2, 0) is 12.0 Å². The van der Waals surface area contributed by atoms with Gasteiger partial charge in [-0.05, 0) is 104 Å². The van der Waals surface area contributed by atoms with Gasteiger partial charge in [0.15, 0.2) is 11.6 Å². The number of nitrogens with one attached hydrogen (secondary N) is 2. The Kier molecular flexibility index (Phi) is 12.2. The van der Waals surface area contributed by atoms with E-state index < -0.39 is 11.6 Å². The Labute approximate surface area is 314 Å². The molecular formula is C43H55N5O5. The Hall–Kier alpha value is -5.25. The molecule has 0 atom stereocenters. The molecule has 10 heteroatoms. The number of carbonyl (C=O) groups excluding carboxylic acids is 1. The maximum absolute atomic E-state index is 13.9. The predicted molar refractivity (Wildman–Crippen MR) is 213 cm³/mol. The molecule has 0 saturated carbocycles. The minimum Gasteiger partial charge on any atom is -0.497 e. The number of hydrogen-bond acceptors (Lipinski definition) is 6. The second-order valence-corrected chi connectivity index (χ2v) is 15.5. The van der Waals surface area contributed by atoms with Gasteiger partial charge >= 0.3 is 12.1 Å². The van der Waals surface area contributed by atoms with E-state index in [-0.39, 0.29) is 23.3 Å². The normalized spacial score (nSPS) is 14.2. The quantitative estimate of drug-likeness (QED) is 0.133. The van der Waals surface area contributed by atoms with Crippen LogP contribution in [0.4, 0.5) is 26.8 Å². The molecule has 10 nitrogen and oxygen atoms in total. The van der Waals surface area contributed by atoms with Crippen molar-refractivity contribution in [2.24, 2.45) is 0 Å². The monoisotopic (exact) mass is 721 g/mol. The first-order valence-corrected chi connectivity index (χ1v) is 18.5. The number of pyridine rings is 1. The standard InChI is InChI=1S/C43H55N5O5/c1-29(2)35-25-33(48(41(50)51)42(5,6)7)26-36(30(3)4)38(35)46-40(49)45-28-43(32-16-12-17-34(24-32)52-8)19-22-47(23-20-43)39-37(18-13-21-44-39)53-27-31-14-10-9-11-15-31/h9-18,21,24-26,29-30H,19-20,22-23,27-28H2,1-8H3,(H,50,51)(H2,45,46,49). The van der Waals surface area contributed by atoms with Crippen LogP contribution < -0.4 is 29.9 Å². The maximum Gasteiger partial charge on any atom is 0.412 e. The van der Waals surface area contributed by atoms with Gasteiger partial charge in [0.1, 0.15) is 12.4 Å². The zero-order valence-electron chi connectivity index (χ0n) is 32.4. The van der Waals surface area contributed by atoms with Gasteiger partial charge < -0.3 is 30.1 Å². The summed E-state index contributed by atoms with van der Waals surface area (Å²) in [4.78, 5) is 34.7. The zero-order chi connectivity index (χ0) is 38.3. The minimum atomic E-state index is -1.02. The van der Waals surface area contributed by atoms with Gasteiger partial charge in [0, 0.05) is 48.2 Å². The summed E-state index contributed by atoms with van der Waals surface area (Å²) in [6, 6.07) is 25.6. The molecular weight excluding hydrogens is 667 g/mol. The van der Waals surface area contributed by atoms with E-state index in [1.807, 2.05) is 87.5 Å². The van der Waals surface area contributed by atoms with Crippen molar-refractivity contribution in [3.05, 3.63) is 107 Å². The summed E-state index contributed by atoms with van der Waals surface area (Å²) in [5.41, 5.74) is 4.24. The number of carboxylic acid groups (broad SMARTS) is 1. The van der Waals surface area contributed by atoms with Crippen molar-refractivity contribution in [2.45, 2.75) is 90.7 Å². The van der Waals surface area contributed by atoms with E-state index in [9.17, 15) is 14.7 Å². The highest BCUT2D eigenvalue weighted by molar-refractivity contribution is 5.94. The summed E-state index contributed by atoms with van der Waals surface area (Å²) >= 11 is 0. The third-order valence-corrected chi connectivity index (χ3v) is 10.1. The molecule has 1 aliphatic rings. The van der Waals surface area contributed by atoms with Crippen molar-refractivity contribution < 1.29 is 24.2 Å². The van der Waals surface area contributed by atoms with Crippen molar-refractivity contribution in [3.63, 3.8) is 0 Å². The van der Waals surface area contributed by atoms with E-state index >= 15 is 0 Å². The fraction of sp³-hybridized carbons (Fsp3) is 0.419. The summed E-state index contributed by atoms with van der Waals surface area (Å²) in [5, 5.41) is 16.6. The molecule has 0 radical (unpaired) electrons. The third-order valence-electron chi connectivity index (χ3n) is 10.1. The Morgan fingerprint density at radius 3 is 2.17 bits per heavy atom. The summed E-state index contributed by atoms with van der Waals surface area (Å²) in [7, 11) is 1.67. The second kappa shape index (κ2) is 16.6. The molecule has 3 aromatic carbocycles. The topological polar surface area (TPSA) is 116 Å². The van der Waals surface area contributed by atoms with Crippen molar-refractivity contribution in [1.82, 2.24) is 10.3 Å². The van der Waals surface area contributed by atoms with E-state index in [0.29, 0.717) is 31.9 Å². The molecule has 1 saturated heterocycles. The number of benzene rings is 3. The smallest absolute Gasteiger partial charge is 0.412 e. The van der Waals surface area contributed by atoms with Crippen LogP contribution in [0.3, 0.4) is 0 Å². The number of carbonyl (C=O) groups is 2. The zero-order valence-corrected chi connectivity index (χ0v) is 32.4. The van der Waals surface area contributed by atoms with Crippen molar-refractivity contribution in [2.75, 3.05) is 41.9 Å². The largest absolute Gasteiger partial charge is 0.497 e. The van der Waals surface area contributed by atoms with Gasteiger partial charge in [0.05, 0.1) is 7.11 Å². The van der Waals surface area contributed by atoms with E-state index in [4.69, 9.17) is 14.5 Å². The van der Waals surface area contributed by atoms with E-state index in [2.05, 4.69) is 55.4 Å². The van der Waals surface area contributed by atoms with Crippen LogP contribution in [0.2, 0.25) is 0 Å². The number of aromatic nitrogens is 1. The first-order chi connectivity index (χ1) is 25.2. The Balaban J connectivity index is 1.39. The number of nitrogens with zero attached hydrogens (tertiary/aromatic N) is 3. The molecule has 53 heavy (non-hydrogen) atoms. The lowest BCUT2D eigenvalue weighted by atomic mass is 9.72. The summed E-state index contributed by atoms with van der Waals surface area (Å²) in [6.45, 7) is 16.1. The summed E-state index contributed by atoms with van der Waals surface area (Å²) in [5.74, 6) is 2.37. The third kappa shape index (κ3) is 9.22. The molecule has 0 unspecified atom stereocenters. The van der Waals surface area contributed by atoms with Crippen molar-refractivity contribution in [3.8, 4) is 11.5 Å². The fourth-order valence-electron chi connectivity index (χ4n) is 7.18. The molecule has 3 N–H and O–H groups in total. The lowest BCUT2D eigenvalue weighted by Crippen LogP contribution is -2.50. The van der Waals surface area contributed by atoms with E-state index in [1.54, 1.807) is 13.3 Å². The van der Waals surface area contributed by atoms with Crippen LogP contribution in [0.5, 0.6) is 11.5 Å². The molecule has 5 rings (SSSR count). The number of ether oxygens (including phenoxy) is 2. The lowest BCUT2D eigenvalue weighted by Gasteiger charge is -2.43. The predicted octanol–water partition coefficient (Wildman–Crippen LogP) is 9.56. The maximum atomic E-state index is 13.9. The highest BCUT2D eigenvalue weighted by Gasteiger charge is 2.38. The number of urea groups is 1. The average molecular weight is 722 g/mol. The molecule has 1 aromatic heterocycles. The van der Waals surface area contributed by atoms with Crippen molar-refractivity contribution in [1.29, 1.82) is 0 Å². The van der Waals surface area contributed by atoms with E-state index in [1.165, 1.54) is 4.90 Å². The van der Waals surface area contributed by atoms with Gasteiger partial charge in [0.2, 0.25) is 0 Å². The molecule has 0 aliphatic carbocycles. The molecule has 0 bridgehead atoms. The number of methoxy groups -OCH3 is 1. The van der Waals surface area contributed by atoms with Gasteiger partial charge in [-0.25, -0.2) is 14.6 Å². The summed E-state index contributed by atoms with van der Waals surface area (Å²) in [6.07, 6.45) is 2.30. The van der Waals surface area contributed by atoms with Crippen LogP contribution in [-0.4, -0.2) is 54.5 Å². The molecule has 4 aromatic rings. The first kappa shape index (κ1) is 39.0. The van der Waals surface area contributed by atoms with Crippen LogP contribution in [0.1, 0.15) is 95.4 Å². The Morgan fingerprint density at radius 2 is 1.58 bits per heavy atom. The van der Waals surface area contributed by atoms with Crippen LogP contribution in [0, 0.1) is 0 Å². The van der Waals surface area contributed by atoms with Gasteiger partial charge in [-0.1, -0.05) is 70.2 Å². The van der Waals surface area contributed by atoms with Crippen LogP contribution >= 0.6 is 0 Å². The first-order valence-electron chi connectivity index (χ1n) is 18.5. The van der Waals surface area contributed by atoms with Gasteiger partial charge in [-0.2, -0.15) is 0 Å². The average Bonchev–Trinajstić information content (AvgIpc) is 3.13. The van der Waals surface area contributed by atoms with Gasteiger partial charge in [-0.15, -0.1) is 0 Å². The number of amides is 3. The number of anilines is 3. The molecule has 1 fully saturated rings. The van der Waals surface area contributed by atoms with Gasteiger partial charge in [0.25, 0.3) is 0 Å². The van der Waals surface area contributed by atoms with Crippen LogP contribution in [0.25, 0.3) is 0 Å². The minimum absolute atomic E-state index is 0.0268. The molecule has 3 amide bonds. The Bertz CT molecular complexity index is 1830. The highest BCUT2D eigenvalue weighted by atomic mass is 16.5. The molecule has 2 heterocycles. The molecule has 282 valence electrons. The summed E-state index contributed by atoms with van der Waals surface area (Å²) < 4.78 is 11.9. The van der Waals surface area contributed by atoms with Crippen molar-refractivity contribution >= 4 is 29.3 Å².